The van der Waals surface area contributed by atoms with Crippen LogP contribution in [0, 0.1) is 6.92 Å². The molecule has 0 spiro atoms. The molecule has 0 bridgehead atoms. The first-order valence-corrected chi connectivity index (χ1v) is 7.22. The molecule has 0 unspecified atom stereocenters. The van der Waals surface area contributed by atoms with Crippen molar-refractivity contribution in [1.29, 1.82) is 0 Å². The molecular formula is C16H22N4O. The molecule has 5 heteroatoms. The highest BCUT2D eigenvalue weighted by Crippen LogP contribution is 2.25. The summed E-state index contributed by atoms with van der Waals surface area (Å²) in [7, 11) is 2.01. The highest BCUT2D eigenvalue weighted by Gasteiger charge is 2.15. The van der Waals surface area contributed by atoms with E-state index in [4.69, 9.17) is 0 Å². The Balaban J connectivity index is 2.27. The average molecular weight is 286 g/mol. The minimum absolute atomic E-state index is 0.130. The van der Waals surface area contributed by atoms with Crippen LogP contribution in [0.15, 0.2) is 30.3 Å². The van der Waals surface area contributed by atoms with Crippen LogP contribution in [0.25, 0.3) is 0 Å². The lowest BCUT2D eigenvalue weighted by Crippen LogP contribution is -2.21. The van der Waals surface area contributed by atoms with E-state index in [-0.39, 0.29) is 5.91 Å². The van der Waals surface area contributed by atoms with Crippen molar-refractivity contribution in [2.45, 2.75) is 27.3 Å². The number of anilines is 2. The fraction of sp³-hybridized carbons (Fsp3) is 0.375. The molecule has 0 aliphatic carbocycles. The third-order valence-corrected chi connectivity index (χ3v) is 3.47. The number of nitrogens with one attached hydrogen (secondary N) is 1. The lowest BCUT2D eigenvalue weighted by molar-refractivity contribution is 0.101. The zero-order valence-corrected chi connectivity index (χ0v) is 13.1. The highest BCUT2D eigenvalue weighted by atomic mass is 16.2. The maximum absolute atomic E-state index is 12.5. The Morgan fingerprint density at radius 3 is 2.71 bits per heavy atom. The van der Waals surface area contributed by atoms with Gasteiger partial charge in [-0.1, -0.05) is 12.1 Å². The summed E-state index contributed by atoms with van der Waals surface area (Å²) in [6, 6.07) is 9.62. The molecule has 0 saturated carbocycles. The predicted molar refractivity (Wildman–Crippen MR) is 86.0 cm³/mol. The van der Waals surface area contributed by atoms with Crippen LogP contribution in [0.4, 0.5) is 11.4 Å². The van der Waals surface area contributed by atoms with E-state index in [1.807, 2.05) is 51.2 Å². The molecule has 0 aliphatic rings. The first kappa shape index (κ1) is 15.1. The summed E-state index contributed by atoms with van der Waals surface area (Å²) in [5.41, 5.74) is 3.26. The maximum atomic E-state index is 12.5. The van der Waals surface area contributed by atoms with Crippen molar-refractivity contribution in [2.75, 3.05) is 23.8 Å². The van der Waals surface area contributed by atoms with Gasteiger partial charge in [0.15, 0.2) is 0 Å². The van der Waals surface area contributed by atoms with Gasteiger partial charge in [-0.05, 0) is 39.0 Å². The van der Waals surface area contributed by atoms with Gasteiger partial charge in [-0.3, -0.25) is 9.48 Å². The van der Waals surface area contributed by atoms with Crippen LogP contribution in [0.1, 0.15) is 30.0 Å². The van der Waals surface area contributed by atoms with Crippen LogP contribution in [0.2, 0.25) is 0 Å². The van der Waals surface area contributed by atoms with Crippen LogP contribution in [0.3, 0.4) is 0 Å². The molecule has 5 nitrogen and oxygen atoms in total. The summed E-state index contributed by atoms with van der Waals surface area (Å²) in [6.45, 7) is 7.49. The molecule has 1 heterocycles. The Bertz CT molecular complexity index is 633. The lowest BCUT2D eigenvalue weighted by Gasteiger charge is -2.20. The molecule has 0 atom stereocenters. The minimum Gasteiger partial charge on any atom is -0.373 e. The third kappa shape index (κ3) is 3.24. The maximum Gasteiger partial charge on any atom is 0.273 e. The van der Waals surface area contributed by atoms with Crippen molar-refractivity contribution < 1.29 is 4.79 Å². The molecule has 1 N–H and O–H groups in total. The van der Waals surface area contributed by atoms with E-state index in [2.05, 4.69) is 22.2 Å². The van der Waals surface area contributed by atoms with Gasteiger partial charge < -0.3 is 10.2 Å². The number of nitrogens with zero attached hydrogens (tertiary/aromatic N) is 3. The van der Waals surface area contributed by atoms with E-state index in [9.17, 15) is 4.79 Å². The number of rotatable bonds is 5. The summed E-state index contributed by atoms with van der Waals surface area (Å²) in [5, 5.41) is 7.30. The second-order valence-electron chi connectivity index (χ2n) is 4.97. The summed E-state index contributed by atoms with van der Waals surface area (Å²) >= 11 is 0. The van der Waals surface area contributed by atoms with Crippen molar-refractivity contribution >= 4 is 17.3 Å². The molecule has 1 amide bonds. The number of carbonyl (C=O) groups is 1. The fourth-order valence-corrected chi connectivity index (χ4v) is 2.24. The molecule has 0 aliphatic heterocycles. The third-order valence-electron chi connectivity index (χ3n) is 3.47. The molecule has 2 rings (SSSR count). The predicted octanol–water partition coefficient (Wildman–Crippen LogP) is 2.92. The number of aromatic nitrogens is 2. The van der Waals surface area contributed by atoms with Crippen LogP contribution in [-0.4, -0.2) is 29.3 Å². The monoisotopic (exact) mass is 286 g/mol. The zero-order valence-electron chi connectivity index (χ0n) is 13.1. The minimum atomic E-state index is -0.130. The number of amides is 1. The second kappa shape index (κ2) is 6.43. The molecule has 0 fully saturated rings. The SMILES string of the molecule is CCN(C)c1ccccc1NC(=O)c1cc(C)nn1CC. The number of benzene rings is 1. The molecule has 112 valence electrons. The van der Waals surface area contributed by atoms with E-state index in [1.165, 1.54) is 0 Å². The Hall–Kier alpha value is -2.30. The van der Waals surface area contributed by atoms with Gasteiger partial charge >= 0.3 is 0 Å². The summed E-state index contributed by atoms with van der Waals surface area (Å²) in [6.07, 6.45) is 0. The quantitative estimate of drug-likeness (QED) is 0.919. The van der Waals surface area contributed by atoms with Crippen LogP contribution >= 0.6 is 0 Å². The molecule has 1 aromatic heterocycles. The van der Waals surface area contributed by atoms with E-state index in [1.54, 1.807) is 4.68 Å². The first-order chi connectivity index (χ1) is 10.1. The van der Waals surface area contributed by atoms with Gasteiger partial charge in [0.2, 0.25) is 0 Å². The van der Waals surface area contributed by atoms with Crippen LogP contribution in [0.5, 0.6) is 0 Å². The van der Waals surface area contributed by atoms with Gasteiger partial charge in [0, 0.05) is 20.1 Å². The number of hydrogen-bond donors (Lipinski definition) is 1. The Morgan fingerprint density at radius 1 is 1.33 bits per heavy atom. The number of aryl methyl sites for hydroxylation is 2. The van der Waals surface area contributed by atoms with E-state index >= 15 is 0 Å². The molecule has 2 aromatic rings. The standard InChI is InChI=1S/C16H22N4O/c1-5-19(4)14-10-8-7-9-13(14)17-16(21)15-11-12(3)18-20(15)6-2/h7-11H,5-6H2,1-4H3,(H,17,21). The Morgan fingerprint density at radius 2 is 2.05 bits per heavy atom. The van der Waals surface area contributed by atoms with Gasteiger partial charge in [-0.2, -0.15) is 5.10 Å². The van der Waals surface area contributed by atoms with Crippen molar-refractivity contribution in [3.63, 3.8) is 0 Å². The summed E-state index contributed by atoms with van der Waals surface area (Å²) in [5.74, 6) is -0.130. The van der Waals surface area contributed by atoms with Crippen molar-refractivity contribution in [2.24, 2.45) is 0 Å². The van der Waals surface area contributed by atoms with Gasteiger partial charge in [-0.25, -0.2) is 0 Å². The average Bonchev–Trinajstić information content (AvgIpc) is 2.88. The molecule has 0 radical (unpaired) electrons. The summed E-state index contributed by atoms with van der Waals surface area (Å²) in [4.78, 5) is 14.6. The van der Waals surface area contributed by atoms with Crippen molar-refractivity contribution in [3.8, 4) is 0 Å². The van der Waals surface area contributed by atoms with Gasteiger partial charge in [0.25, 0.3) is 5.91 Å². The van der Waals surface area contributed by atoms with Gasteiger partial charge in [0.05, 0.1) is 17.1 Å². The highest BCUT2D eigenvalue weighted by molar-refractivity contribution is 6.04. The van der Waals surface area contributed by atoms with Crippen molar-refractivity contribution in [1.82, 2.24) is 9.78 Å². The van der Waals surface area contributed by atoms with Crippen LogP contribution in [-0.2, 0) is 6.54 Å². The summed E-state index contributed by atoms with van der Waals surface area (Å²) < 4.78 is 1.72. The second-order valence-corrected chi connectivity index (χ2v) is 4.97. The van der Waals surface area contributed by atoms with Crippen molar-refractivity contribution in [3.05, 3.63) is 41.7 Å². The number of hydrogen-bond acceptors (Lipinski definition) is 3. The molecule has 1 aromatic carbocycles. The number of para-hydroxylation sites is 2. The smallest absolute Gasteiger partial charge is 0.273 e. The zero-order chi connectivity index (χ0) is 15.4. The van der Waals surface area contributed by atoms with E-state index in [0.717, 1.165) is 23.6 Å². The normalized spacial score (nSPS) is 10.5. The Labute approximate surface area is 125 Å². The number of carbonyl (C=O) groups excluding carboxylic acids is 1. The van der Waals surface area contributed by atoms with E-state index in [0.29, 0.717) is 12.2 Å². The van der Waals surface area contributed by atoms with Crippen LogP contribution < -0.4 is 10.2 Å². The Kier molecular flexibility index (Phi) is 4.62. The van der Waals surface area contributed by atoms with Gasteiger partial charge in [-0.15, -0.1) is 0 Å². The molecule has 0 saturated heterocycles. The molecular weight excluding hydrogens is 264 g/mol. The van der Waals surface area contributed by atoms with Gasteiger partial charge in [0.1, 0.15) is 5.69 Å². The molecule has 21 heavy (non-hydrogen) atoms. The topological polar surface area (TPSA) is 50.2 Å². The fourth-order valence-electron chi connectivity index (χ4n) is 2.24. The first-order valence-electron chi connectivity index (χ1n) is 7.22. The lowest BCUT2D eigenvalue weighted by atomic mass is 10.2. The van der Waals surface area contributed by atoms with E-state index < -0.39 is 0 Å². The largest absolute Gasteiger partial charge is 0.373 e.